The van der Waals surface area contributed by atoms with Gasteiger partial charge in [-0.1, -0.05) is 30.3 Å². The zero-order valence-electron chi connectivity index (χ0n) is 10.1. The molecule has 2 aromatic carbocycles. The Bertz CT molecular complexity index is 539. The number of para-hydroxylation sites is 1. The molecule has 2 rings (SSSR count). The van der Waals surface area contributed by atoms with Crippen molar-refractivity contribution in [3.63, 3.8) is 0 Å². The fraction of sp³-hybridized carbons (Fsp3) is 0.133. The third kappa shape index (κ3) is 2.62. The summed E-state index contributed by atoms with van der Waals surface area (Å²) in [5, 5.41) is 0. The third-order valence-corrected chi connectivity index (χ3v) is 3.40. The van der Waals surface area contributed by atoms with Gasteiger partial charge in [-0.05, 0) is 47.1 Å². The van der Waals surface area contributed by atoms with E-state index >= 15 is 0 Å². The molecule has 0 bridgehead atoms. The SMILES string of the molecule is CCN(C(=O)c1ccccc1)c1ccccc1Br. The Labute approximate surface area is 115 Å². The second-order valence-corrected chi connectivity index (χ2v) is 4.72. The molecule has 2 nitrogen and oxygen atoms in total. The van der Waals surface area contributed by atoms with Crippen molar-refractivity contribution in [1.29, 1.82) is 0 Å². The molecule has 0 atom stereocenters. The van der Waals surface area contributed by atoms with Crippen molar-refractivity contribution in [3.8, 4) is 0 Å². The van der Waals surface area contributed by atoms with Gasteiger partial charge in [0.1, 0.15) is 0 Å². The number of halogens is 1. The van der Waals surface area contributed by atoms with Gasteiger partial charge in [0.05, 0.1) is 5.69 Å². The van der Waals surface area contributed by atoms with E-state index < -0.39 is 0 Å². The number of amides is 1. The minimum absolute atomic E-state index is 0.0185. The number of hydrogen-bond acceptors (Lipinski definition) is 1. The molecule has 0 radical (unpaired) electrons. The average Bonchev–Trinajstić information content (AvgIpc) is 2.42. The van der Waals surface area contributed by atoms with E-state index in [9.17, 15) is 4.79 Å². The van der Waals surface area contributed by atoms with Crippen LogP contribution < -0.4 is 4.90 Å². The molecule has 0 aliphatic rings. The van der Waals surface area contributed by atoms with Gasteiger partial charge in [-0.25, -0.2) is 0 Å². The molecule has 0 aliphatic heterocycles. The van der Waals surface area contributed by atoms with E-state index in [2.05, 4.69) is 15.9 Å². The summed E-state index contributed by atoms with van der Waals surface area (Å²) in [6.07, 6.45) is 0. The fourth-order valence-electron chi connectivity index (χ4n) is 1.83. The van der Waals surface area contributed by atoms with Crippen molar-refractivity contribution < 1.29 is 4.79 Å². The highest BCUT2D eigenvalue weighted by Crippen LogP contribution is 2.26. The Morgan fingerprint density at radius 3 is 2.28 bits per heavy atom. The van der Waals surface area contributed by atoms with Crippen molar-refractivity contribution in [2.75, 3.05) is 11.4 Å². The molecule has 0 heterocycles. The number of hydrogen-bond donors (Lipinski definition) is 0. The zero-order chi connectivity index (χ0) is 13.0. The van der Waals surface area contributed by atoms with Gasteiger partial charge in [0, 0.05) is 16.6 Å². The van der Waals surface area contributed by atoms with E-state index in [4.69, 9.17) is 0 Å². The molecule has 0 N–H and O–H groups in total. The van der Waals surface area contributed by atoms with Crippen LogP contribution in [-0.2, 0) is 0 Å². The number of rotatable bonds is 3. The molecule has 92 valence electrons. The first-order valence-electron chi connectivity index (χ1n) is 5.85. The third-order valence-electron chi connectivity index (χ3n) is 2.73. The normalized spacial score (nSPS) is 10.1. The van der Waals surface area contributed by atoms with Crippen LogP contribution in [0.4, 0.5) is 5.69 Å². The maximum atomic E-state index is 12.4. The number of carbonyl (C=O) groups is 1. The van der Waals surface area contributed by atoms with E-state index in [0.717, 1.165) is 10.2 Å². The van der Waals surface area contributed by atoms with Crippen LogP contribution in [0.2, 0.25) is 0 Å². The molecule has 2 aromatic rings. The molecule has 0 saturated carbocycles. The van der Waals surface area contributed by atoms with E-state index in [-0.39, 0.29) is 5.91 Å². The van der Waals surface area contributed by atoms with Crippen molar-refractivity contribution in [1.82, 2.24) is 0 Å². The average molecular weight is 304 g/mol. The Kier molecular flexibility index (Phi) is 4.15. The van der Waals surface area contributed by atoms with E-state index in [1.54, 1.807) is 4.90 Å². The molecule has 0 saturated heterocycles. The first kappa shape index (κ1) is 12.8. The molecule has 3 heteroatoms. The summed E-state index contributed by atoms with van der Waals surface area (Å²) in [7, 11) is 0. The summed E-state index contributed by atoms with van der Waals surface area (Å²) in [5.41, 5.74) is 1.60. The summed E-state index contributed by atoms with van der Waals surface area (Å²) in [4.78, 5) is 14.2. The second kappa shape index (κ2) is 5.83. The predicted octanol–water partition coefficient (Wildman–Crippen LogP) is 4.12. The van der Waals surface area contributed by atoms with Crippen molar-refractivity contribution >= 4 is 27.5 Å². The van der Waals surface area contributed by atoms with Gasteiger partial charge in [-0.2, -0.15) is 0 Å². The Balaban J connectivity index is 2.36. The smallest absolute Gasteiger partial charge is 0.258 e. The molecule has 0 spiro atoms. The molecular weight excluding hydrogens is 290 g/mol. The predicted molar refractivity (Wildman–Crippen MR) is 77.9 cm³/mol. The fourth-order valence-corrected chi connectivity index (χ4v) is 2.33. The van der Waals surface area contributed by atoms with Gasteiger partial charge in [0.2, 0.25) is 0 Å². The number of carbonyl (C=O) groups excluding carboxylic acids is 1. The summed E-state index contributed by atoms with van der Waals surface area (Å²) in [6.45, 7) is 2.61. The highest BCUT2D eigenvalue weighted by Gasteiger charge is 2.17. The van der Waals surface area contributed by atoms with Crippen molar-refractivity contribution in [2.45, 2.75) is 6.92 Å². The minimum Gasteiger partial charge on any atom is -0.308 e. The molecule has 0 aromatic heterocycles. The molecule has 0 unspecified atom stereocenters. The Morgan fingerprint density at radius 2 is 1.67 bits per heavy atom. The van der Waals surface area contributed by atoms with Gasteiger partial charge in [0.15, 0.2) is 0 Å². The summed E-state index contributed by atoms with van der Waals surface area (Å²) < 4.78 is 0.927. The lowest BCUT2D eigenvalue weighted by molar-refractivity contribution is 0.0988. The molecular formula is C15H14BrNO. The Hall–Kier alpha value is -1.61. The minimum atomic E-state index is 0.0185. The van der Waals surface area contributed by atoms with Gasteiger partial charge in [0.25, 0.3) is 5.91 Å². The quantitative estimate of drug-likeness (QED) is 0.835. The van der Waals surface area contributed by atoms with Gasteiger partial charge >= 0.3 is 0 Å². The zero-order valence-corrected chi connectivity index (χ0v) is 11.7. The first-order valence-corrected chi connectivity index (χ1v) is 6.64. The summed E-state index contributed by atoms with van der Waals surface area (Å²) in [5.74, 6) is 0.0185. The largest absolute Gasteiger partial charge is 0.308 e. The van der Waals surface area contributed by atoms with E-state index in [1.165, 1.54) is 0 Å². The maximum Gasteiger partial charge on any atom is 0.258 e. The van der Waals surface area contributed by atoms with E-state index in [0.29, 0.717) is 12.1 Å². The lowest BCUT2D eigenvalue weighted by Gasteiger charge is -2.22. The van der Waals surface area contributed by atoms with Crippen LogP contribution in [0.5, 0.6) is 0 Å². The van der Waals surface area contributed by atoms with Crippen molar-refractivity contribution in [3.05, 3.63) is 64.6 Å². The number of anilines is 1. The summed E-state index contributed by atoms with van der Waals surface area (Å²) >= 11 is 3.48. The monoisotopic (exact) mass is 303 g/mol. The second-order valence-electron chi connectivity index (χ2n) is 3.87. The molecule has 1 amide bonds. The lowest BCUT2D eigenvalue weighted by Crippen LogP contribution is -2.30. The van der Waals surface area contributed by atoms with Crippen LogP contribution in [0.15, 0.2) is 59.1 Å². The molecule has 0 aliphatic carbocycles. The highest BCUT2D eigenvalue weighted by molar-refractivity contribution is 9.10. The van der Waals surface area contributed by atoms with Crippen LogP contribution in [0, 0.1) is 0 Å². The summed E-state index contributed by atoms with van der Waals surface area (Å²) in [6, 6.07) is 17.1. The topological polar surface area (TPSA) is 20.3 Å². The molecule has 0 fully saturated rings. The van der Waals surface area contributed by atoms with Crippen LogP contribution >= 0.6 is 15.9 Å². The van der Waals surface area contributed by atoms with E-state index in [1.807, 2.05) is 61.5 Å². The van der Waals surface area contributed by atoms with Crippen molar-refractivity contribution in [2.24, 2.45) is 0 Å². The van der Waals surface area contributed by atoms with Crippen LogP contribution in [0.1, 0.15) is 17.3 Å². The van der Waals surface area contributed by atoms with Crippen LogP contribution in [0.25, 0.3) is 0 Å². The van der Waals surface area contributed by atoms with Gasteiger partial charge in [-0.3, -0.25) is 4.79 Å². The first-order chi connectivity index (χ1) is 8.74. The number of nitrogens with zero attached hydrogens (tertiary/aromatic N) is 1. The molecule has 18 heavy (non-hydrogen) atoms. The van der Waals surface area contributed by atoms with Crippen LogP contribution in [-0.4, -0.2) is 12.5 Å². The van der Waals surface area contributed by atoms with Gasteiger partial charge < -0.3 is 4.90 Å². The lowest BCUT2D eigenvalue weighted by atomic mass is 10.2. The number of benzene rings is 2. The maximum absolute atomic E-state index is 12.4. The van der Waals surface area contributed by atoms with Crippen LogP contribution in [0.3, 0.4) is 0 Å². The standard InChI is InChI=1S/C15H14BrNO/c1-2-17(14-11-7-6-10-13(14)16)15(18)12-8-4-3-5-9-12/h3-11H,2H2,1H3. The highest BCUT2D eigenvalue weighted by atomic mass is 79.9. The Morgan fingerprint density at radius 1 is 1.06 bits per heavy atom. The van der Waals surface area contributed by atoms with Gasteiger partial charge in [-0.15, -0.1) is 0 Å².